The summed E-state index contributed by atoms with van der Waals surface area (Å²) in [7, 11) is 0. The molecule has 1 N–H and O–H groups in total. The second kappa shape index (κ2) is 8.43. The summed E-state index contributed by atoms with van der Waals surface area (Å²) < 4.78 is 16.4. The summed E-state index contributed by atoms with van der Waals surface area (Å²) in [6.45, 7) is 5.36. The predicted octanol–water partition coefficient (Wildman–Crippen LogP) is 3.75. The van der Waals surface area contributed by atoms with E-state index in [0.717, 1.165) is 17.1 Å². The number of carbonyl (C=O) groups is 1. The smallest absolute Gasteiger partial charge is 0.244 e. The number of amides is 1. The Morgan fingerprint density at radius 3 is 2.85 bits per heavy atom. The van der Waals surface area contributed by atoms with Crippen molar-refractivity contribution in [2.45, 2.75) is 19.8 Å². The second-order valence-electron chi connectivity index (χ2n) is 6.28. The van der Waals surface area contributed by atoms with Crippen molar-refractivity contribution in [1.82, 2.24) is 5.32 Å². The average molecular weight is 353 g/mol. The van der Waals surface area contributed by atoms with E-state index >= 15 is 0 Å². The third kappa shape index (κ3) is 4.57. The first kappa shape index (κ1) is 17.9. The average Bonchev–Trinajstić information content (AvgIpc) is 3.11. The van der Waals surface area contributed by atoms with Gasteiger partial charge < -0.3 is 19.5 Å². The summed E-state index contributed by atoms with van der Waals surface area (Å²) in [4.78, 5) is 11.9. The molecule has 0 saturated heterocycles. The molecule has 0 fully saturated rings. The van der Waals surface area contributed by atoms with Crippen LogP contribution in [0.2, 0.25) is 0 Å². The van der Waals surface area contributed by atoms with Gasteiger partial charge in [-0.2, -0.15) is 0 Å². The first-order valence-corrected chi connectivity index (χ1v) is 8.71. The molecule has 26 heavy (non-hydrogen) atoms. The maximum absolute atomic E-state index is 11.9. The van der Waals surface area contributed by atoms with Crippen LogP contribution in [0.25, 0.3) is 6.08 Å². The molecule has 1 heterocycles. The Morgan fingerprint density at radius 1 is 1.19 bits per heavy atom. The van der Waals surface area contributed by atoms with E-state index in [1.54, 1.807) is 6.08 Å². The number of fused-ring (bicyclic) bond motifs is 1. The number of carbonyl (C=O) groups excluding carboxylic acids is 1. The van der Waals surface area contributed by atoms with Crippen LogP contribution in [0.5, 0.6) is 17.2 Å². The summed E-state index contributed by atoms with van der Waals surface area (Å²) in [5.74, 6) is 2.52. The van der Waals surface area contributed by atoms with Gasteiger partial charge in [-0.3, -0.25) is 4.79 Å². The lowest BCUT2D eigenvalue weighted by Crippen LogP contribution is -2.26. The van der Waals surface area contributed by atoms with Crippen LogP contribution in [-0.4, -0.2) is 25.9 Å². The van der Waals surface area contributed by atoms with Crippen LogP contribution in [-0.2, 0) is 4.79 Å². The largest absolute Gasteiger partial charge is 0.491 e. The maximum Gasteiger partial charge on any atom is 0.244 e. The zero-order valence-electron chi connectivity index (χ0n) is 15.0. The molecule has 1 aliphatic rings. The number of ether oxygens (including phenoxy) is 3. The first-order chi connectivity index (χ1) is 12.6. The summed E-state index contributed by atoms with van der Waals surface area (Å²) in [6.07, 6.45) is 3.24. The van der Waals surface area contributed by atoms with Crippen LogP contribution < -0.4 is 19.5 Å². The molecule has 0 saturated carbocycles. The van der Waals surface area contributed by atoms with Crippen LogP contribution in [0, 0.1) is 0 Å². The zero-order valence-corrected chi connectivity index (χ0v) is 15.0. The van der Waals surface area contributed by atoms with Crippen molar-refractivity contribution in [2.24, 2.45) is 0 Å². The molecule has 0 atom stereocenters. The van der Waals surface area contributed by atoms with E-state index in [0.29, 0.717) is 24.8 Å². The van der Waals surface area contributed by atoms with Gasteiger partial charge in [0.1, 0.15) is 12.4 Å². The Labute approximate surface area is 153 Å². The Hall–Kier alpha value is -2.95. The highest BCUT2D eigenvalue weighted by atomic mass is 16.7. The lowest BCUT2D eigenvalue weighted by atomic mass is 10.0. The quantitative estimate of drug-likeness (QED) is 0.608. The Morgan fingerprint density at radius 2 is 2.00 bits per heavy atom. The fourth-order valence-corrected chi connectivity index (χ4v) is 2.67. The first-order valence-electron chi connectivity index (χ1n) is 8.71. The van der Waals surface area contributed by atoms with Gasteiger partial charge in [-0.15, -0.1) is 0 Å². The summed E-state index contributed by atoms with van der Waals surface area (Å²) in [6, 6.07) is 13.5. The molecular weight excluding hydrogens is 330 g/mol. The molecule has 2 aromatic rings. The topological polar surface area (TPSA) is 56.8 Å². The van der Waals surface area contributed by atoms with Gasteiger partial charge in [-0.25, -0.2) is 0 Å². The SMILES string of the molecule is CC(C)c1ccccc1OCCNC(=O)/C=C/c1ccc2c(c1)OCO2. The molecule has 3 rings (SSSR count). The van der Waals surface area contributed by atoms with Gasteiger partial charge in [-0.1, -0.05) is 38.1 Å². The molecule has 0 bridgehead atoms. The fraction of sp³-hybridized carbons (Fsp3) is 0.286. The molecule has 0 aliphatic carbocycles. The molecule has 2 aromatic carbocycles. The fourth-order valence-electron chi connectivity index (χ4n) is 2.67. The molecule has 1 amide bonds. The highest BCUT2D eigenvalue weighted by molar-refractivity contribution is 5.91. The van der Waals surface area contributed by atoms with Gasteiger partial charge in [0.2, 0.25) is 12.7 Å². The van der Waals surface area contributed by atoms with E-state index in [1.165, 1.54) is 11.6 Å². The molecule has 0 aromatic heterocycles. The van der Waals surface area contributed by atoms with Gasteiger partial charge in [0.05, 0.1) is 6.54 Å². The van der Waals surface area contributed by atoms with Crippen molar-refractivity contribution in [1.29, 1.82) is 0 Å². The van der Waals surface area contributed by atoms with Crippen molar-refractivity contribution < 1.29 is 19.0 Å². The van der Waals surface area contributed by atoms with E-state index in [-0.39, 0.29) is 12.7 Å². The van der Waals surface area contributed by atoms with Crippen molar-refractivity contribution in [3.63, 3.8) is 0 Å². The molecule has 5 heteroatoms. The standard InChI is InChI=1S/C21H23NO4/c1-15(2)17-5-3-4-6-18(17)24-12-11-22-21(23)10-8-16-7-9-19-20(13-16)26-14-25-19/h3-10,13,15H,11-12,14H2,1-2H3,(H,22,23)/b10-8+. The molecule has 136 valence electrons. The van der Waals surface area contributed by atoms with Gasteiger partial charge in [0, 0.05) is 6.08 Å². The van der Waals surface area contributed by atoms with Gasteiger partial charge in [0.15, 0.2) is 11.5 Å². The third-order valence-electron chi connectivity index (χ3n) is 4.02. The van der Waals surface area contributed by atoms with Crippen molar-refractivity contribution in [3.05, 3.63) is 59.7 Å². The number of hydrogen-bond acceptors (Lipinski definition) is 4. The predicted molar refractivity (Wildman–Crippen MR) is 101 cm³/mol. The molecule has 1 aliphatic heterocycles. The molecule has 0 spiro atoms. The minimum absolute atomic E-state index is 0.164. The Kier molecular flexibility index (Phi) is 5.79. The normalized spacial score (nSPS) is 12.6. The van der Waals surface area contributed by atoms with Crippen molar-refractivity contribution in [3.8, 4) is 17.2 Å². The highest BCUT2D eigenvalue weighted by Crippen LogP contribution is 2.32. The number of hydrogen-bond donors (Lipinski definition) is 1. The highest BCUT2D eigenvalue weighted by Gasteiger charge is 2.12. The summed E-state index contributed by atoms with van der Waals surface area (Å²) >= 11 is 0. The number of benzene rings is 2. The van der Waals surface area contributed by atoms with Crippen LogP contribution >= 0.6 is 0 Å². The number of nitrogens with one attached hydrogen (secondary N) is 1. The monoisotopic (exact) mass is 353 g/mol. The van der Waals surface area contributed by atoms with Crippen LogP contribution in [0.3, 0.4) is 0 Å². The minimum Gasteiger partial charge on any atom is -0.491 e. The third-order valence-corrected chi connectivity index (χ3v) is 4.02. The number of para-hydroxylation sites is 1. The van der Waals surface area contributed by atoms with Crippen LogP contribution in [0.4, 0.5) is 0 Å². The molecular formula is C21H23NO4. The molecule has 0 unspecified atom stereocenters. The second-order valence-corrected chi connectivity index (χ2v) is 6.28. The molecule has 0 radical (unpaired) electrons. The van der Waals surface area contributed by atoms with Gasteiger partial charge in [0.25, 0.3) is 0 Å². The van der Waals surface area contributed by atoms with E-state index in [1.807, 2.05) is 36.4 Å². The maximum atomic E-state index is 11.9. The zero-order chi connectivity index (χ0) is 18.4. The summed E-state index contributed by atoms with van der Waals surface area (Å²) in [5.41, 5.74) is 2.05. The van der Waals surface area contributed by atoms with E-state index < -0.39 is 0 Å². The summed E-state index contributed by atoms with van der Waals surface area (Å²) in [5, 5.41) is 2.82. The van der Waals surface area contributed by atoms with Crippen LogP contribution in [0.15, 0.2) is 48.5 Å². The van der Waals surface area contributed by atoms with E-state index in [9.17, 15) is 4.79 Å². The Bertz CT molecular complexity index is 798. The van der Waals surface area contributed by atoms with Crippen LogP contribution in [0.1, 0.15) is 30.9 Å². The lowest BCUT2D eigenvalue weighted by molar-refractivity contribution is -0.116. The molecule has 5 nitrogen and oxygen atoms in total. The van der Waals surface area contributed by atoms with Gasteiger partial charge >= 0.3 is 0 Å². The lowest BCUT2D eigenvalue weighted by Gasteiger charge is -2.13. The van der Waals surface area contributed by atoms with E-state index in [2.05, 4.69) is 25.2 Å². The van der Waals surface area contributed by atoms with Crippen molar-refractivity contribution in [2.75, 3.05) is 19.9 Å². The minimum atomic E-state index is -0.164. The van der Waals surface area contributed by atoms with E-state index in [4.69, 9.17) is 14.2 Å². The Balaban J connectivity index is 1.45. The van der Waals surface area contributed by atoms with Crippen molar-refractivity contribution >= 4 is 12.0 Å². The number of rotatable bonds is 7. The van der Waals surface area contributed by atoms with Gasteiger partial charge in [-0.05, 0) is 41.3 Å².